The number of para-hydroxylation sites is 1. The highest BCUT2D eigenvalue weighted by atomic mass is 32.2. The Morgan fingerprint density at radius 3 is 2.10 bits per heavy atom. The van der Waals surface area contributed by atoms with Crippen molar-refractivity contribution in [2.75, 3.05) is 25.1 Å². The lowest BCUT2D eigenvalue weighted by Gasteiger charge is -2.30. The molecule has 0 radical (unpaired) electrons. The summed E-state index contributed by atoms with van der Waals surface area (Å²) in [6, 6.07) is 16.7. The quantitative estimate of drug-likeness (QED) is 0.473. The van der Waals surface area contributed by atoms with E-state index in [9.17, 15) is 13.2 Å². The summed E-state index contributed by atoms with van der Waals surface area (Å²) in [6.45, 7) is 8.73. The van der Waals surface area contributed by atoms with Gasteiger partial charge in [0, 0.05) is 24.4 Å². The second-order valence-corrected chi connectivity index (χ2v) is 11.4. The van der Waals surface area contributed by atoms with Gasteiger partial charge in [0.05, 0.1) is 11.5 Å². The van der Waals surface area contributed by atoms with Gasteiger partial charge in [0.15, 0.2) is 5.78 Å². The molecule has 0 aliphatic carbocycles. The van der Waals surface area contributed by atoms with E-state index >= 15 is 0 Å². The minimum atomic E-state index is -3.23. The third-order valence-corrected chi connectivity index (χ3v) is 7.64. The van der Waals surface area contributed by atoms with Crippen LogP contribution in [0.3, 0.4) is 0 Å². The molecule has 2 aromatic rings. The lowest BCUT2D eigenvalue weighted by Crippen LogP contribution is -2.35. The molecule has 1 atom stereocenters. The summed E-state index contributed by atoms with van der Waals surface area (Å²) >= 11 is 1.51. The second kappa shape index (κ2) is 10.5. The molecule has 0 amide bonds. The fourth-order valence-corrected chi connectivity index (χ4v) is 5.37. The monoisotopic (exact) mass is 449 g/mol. The number of Topliss-reactive ketones (excluding diaryl/α,β-unsaturated/α-hetero) is 1. The molecule has 0 heterocycles. The highest BCUT2D eigenvalue weighted by Crippen LogP contribution is 2.34. The van der Waals surface area contributed by atoms with Crippen LogP contribution in [0.25, 0.3) is 0 Å². The largest absolute Gasteiger partial charge is 0.457 e. The van der Waals surface area contributed by atoms with Gasteiger partial charge in [0.1, 0.15) is 11.5 Å². The maximum Gasteiger partial charge on any atom is 0.211 e. The van der Waals surface area contributed by atoms with Crippen molar-refractivity contribution in [2.24, 2.45) is 5.41 Å². The highest BCUT2D eigenvalue weighted by molar-refractivity contribution is 8.00. The number of sulfonamides is 1. The second-order valence-electron chi connectivity index (χ2n) is 8.18. The van der Waals surface area contributed by atoms with Gasteiger partial charge in [-0.25, -0.2) is 12.7 Å². The van der Waals surface area contributed by atoms with Crippen molar-refractivity contribution in [3.8, 4) is 11.5 Å². The summed E-state index contributed by atoms with van der Waals surface area (Å²) in [5.41, 5.74) is 0.363. The van der Waals surface area contributed by atoms with Gasteiger partial charge in [0.25, 0.3) is 0 Å². The van der Waals surface area contributed by atoms with Crippen LogP contribution in [0, 0.1) is 5.41 Å². The smallest absolute Gasteiger partial charge is 0.211 e. The van der Waals surface area contributed by atoms with Gasteiger partial charge in [-0.15, -0.1) is 11.8 Å². The molecule has 0 saturated carbocycles. The number of ketones is 1. The summed E-state index contributed by atoms with van der Waals surface area (Å²) in [4.78, 5) is 13.2. The summed E-state index contributed by atoms with van der Waals surface area (Å²) in [5, 5.41) is -0.281. The number of carbonyl (C=O) groups is 1. The van der Waals surface area contributed by atoms with Crippen LogP contribution < -0.4 is 4.74 Å². The van der Waals surface area contributed by atoms with Crippen LogP contribution >= 0.6 is 11.8 Å². The number of rotatable bonds is 10. The van der Waals surface area contributed by atoms with Gasteiger partial charge in [-0.2, -0.15) is 0 Å². The number of benzene rings is 2. The minimum Gasteiger partial charge on any atom is -0.457 e. The molecule has 0 aliphatic heterocycles. The molecule has 5 nitrogen and oxygen atoms in total. The average Bonchev–Trinajstić information content (AvgIpc) is 2.67. The number of hydrogen-bond acceptors (Lipinski definition) is 5. The van der Waals surface area contributed by atoms with E-state index in [0.29, 0.717) is 30.2 Å². The van der Waals surface area contributed by atoms with Crippen molar-refractivity contribution in [2.45, 2.75) is 32.9 Å². The maximum absolute atomic E-state index is 13.2. The molecule has 0 bridgehead atoms. The molecule has 2 aromatic carbocycles. The van der Waals surface area contributed by atoms with Crippen LogP contribution in [-0.2, 0) is 10.0 Å². The normalized spacial score (nSPS) is 13.3. The number of ether oxygens (including phenoxy) is 1. The SMILES string of the molecule is CCN(CCSC(C(=O)c1ccc(Oc2ccccc2)cc1)C(C)(C)C)S(C)(=O)=O. The lowest BCUT2D eigenvalue weighted by molar-refractivity contribution is 0.0950. The summed E-state index contributed by atoms with van der Waals surface area (Å²) in [5.74, 6) is 2.01. The standard InChI is InChI=1S/C23H31NO4S2/c1-6-24(30(5,26)27)16-17-29-22(23(2,3)4)21(25)18-12-14-20(15-13-18)28-19-10-8-7-9-11-19/h7-15,22H,6,16-17H2,1-5H3. The average molecular weight is 450 g/mol. The van der Waals surface area contributed by atoms with Crippen LogP contribution in [0.4, 0.5) is 0 Å². The zero-order valence-corrected chi connectivity index (χ0v) is 19.9. The summed E-state index contributed by atoms with van der Waals surface area (Å²) in [7, 11) is -3.23. The summed E-state index contributed by atoms with van der Waals surface area (Å²) < 4.78 is 30.8. The molecule has 30 heavy (non-hydrogen) atoms. The van der Waals surface area contributed by atoms with Gasteiger partial charge in [-0.1, -0.05) is 45.9 Å². The Balaban J connectivity index is 2.07. The zero-order valence-electron chi connectivity index (χ0n) is 18.3. The molecular formula is C23H31NO4S2. The fourth-order valence-electron chi connectivity index (χ4n) is 3.01. The van der Waals surface area contributed by atoms with E-state index in [4.69, 9.17) is 4.74 Å². The molecule has 7 heteroatoms. The van der Waals surface area contributed by atoms with Crippen molar-refractivity contribution < 1.29 is 17.9 Å². The van der Waals surface area contributed by atoms with Gasteiger partial charge in [-0.05, 0) is 41.8 Å². The van der Waals surface area contributed by atoms with Gasteiger partial charge in [-0.3, -0.25) is 4.79 Å². The molecule has 0 N–H and O–H groups in total. The van der Waals surface area contributed by atoms with E-state index in [0.717, 1.165) is 5.75 Å². The summed E-state index contributed by atoms with van der Waals surface area (Å²) in [6.07, 6.45) is 1.21. The topological polar surface area (TPSA) is 63.7 Å². The van der Waals surface area contributed by atoms with Crippen LogP contribution in [0.5, 0.6) is 11.5 Å². The lowest BCUT2D eigenvalue weighted by atomic mass is 9.87. The van der Waals surface area contributed by atoms with E-state index in [-0.39, 0.29) is 16.4 Å². The molecule has 2 rings (SSSR count). The van der Waals surface area contributed by atoms with Crippen molar-refractivity contribution in [3.05, 3.63) is 60.2 Å². The number of thioether (sulfide) groups is 1. The Hall–Kier alpha value is -1.83. The molecule has 0 fully saturated rings. The molecule has 0 aromatic heterocycles. The highest BCUT2D eigenvalue weighted by Gasteiger charge is 2.32. The molecular weight excluding hydrogens is 418 g/mol. The predicted molar refractivity (Wildman–Crippen MR) is 125 cm³/mol. The van der Waals surface area contributed by atoms with Crippen LogP contribution in [0.15, 0.2) is 54.6 Å². The minimum absolute atomic E-state index is 0.0427. The van der Waals surface area contributed by atoms with Crippen molar-refractivity contribution in [1.82, 2.24) is 4.31 Å². The van der Waals surface area contributed by atoms with E-state index in [1.165, 1.54) is 22.3 Å². The molecule has 1 unspecified atom stereocenters. The number of carbonyl (C=O) groups excluding carboxylic acids is 1. The van der Waals surface area contributed by atoms with Crippen LogP contribution in [-0.4, -0.2) is 48.9 Å². The van der Waals surface area contributed by atoms with E-state index in [1.807, 2.05) is 58.0 Å². The van der Waals surface area contributed by atoms with Gasteiger partial charge >= 0.3 is 0 Å². The third-order valence-electron chi connectivity index (χ3n) is 4.59. The van der Waals surface area contributed by atoms with Crippen LogP contribution in [0.1, 0.15) is 38.1 Å². The van der Waals surface area contributed by atoms with E-state index < -0.39 is 10.0 Å². The molecule has 0 saturated heterocycles. The Labute approximate surface area is 184 Å². The van der Waals surface area contributed by atoms with Gasteiger partial charge in [0.2, 0.25) is 10.0 Å². The number of hydrogen-bond donors (Lipinski definition) is 0. The van der Waals surface area contributed by atoms with Crippen LogP contribution in [0.2, 0.25) is 0 Å². The molecule has 0 aliphatic rings. The first-order valence-corrected chi connectivity index (χ1v) is 12.9. The Morgan fingerprint density at radius 2 is 1.60 bits per heavy atom. The van der Waals surface area contributed by atoms with Crippen molar-refractivity contribution >= 4 is 27.6 Å². The zero-order chi connectivity index (χ0) is 22.4. The Bertz CT molecular complexity index is 920. The van der Waals surface area contributed by atoms with E-state index in [1.54, 1.807) is 24.3 Å². The third kappa shape index (κ3) is 7.15. The first-order chi connectivity index (χ1) is 14.0. The fraction of sp³-hybridized carbons (Fsp3) is 0.435. The van der Waals surface area contributed by atoms with Crippen molar-refractivity contribution in [3.63, 3.8) is 0 Å². The Kier molecular flexibility index (Phi) is 8.52. The number of nitrogens with zero attached hydrogens (tertiary/aromatic N) is 1. The van der Waals surface area contributed by atoms with Crippen molar-refractivity contribution in [1.29, 1.82) is 0 Å². The van der Waals surface area contributed by atoms with E-state index in [2.05, 4.69) is 0 Å². The Morgan fingerprint density at radius 1 is 1.03 bits per heavy atom. The first-order valence-electron chi connectivity index (χ1n) is 9.96. The molecule has 0 spiro atoms. The maximum atomic E-state index is 13.2. The predicted octanol–water partition coefficient (Wildman–Crippen LogP) is 5.09. The first kappa shape index (κ1) is 24.4. The van der Waals surface area contributed by atoms with Gasteiger partial charge < -0.3 is 4.74 Å². The molecule has 164 valence electrons.